The molecule has 1 amide bonds. The van der Waals surface area contributed by atoms with E-state index in [2.05, 4.69) is 0 Å². The van der Waals surface area contributed by atoms with Gasteiger partial charge in [0, 0.05) is 36.3 Å². The van der Waals surface area contributed by atoms with E-state index in [1.54, 1.807) is 11.0 Å². The highest BCUT2D eigenvalue weighted by atomic mass is 16.6. The Kier molecular flexibility index (Phi) is 4.34. The van der Waals surface area contributed by atoms with E-state index in [9.17, 15) is 14.9 Å². The number of nitro groups is 1. The summed E-state index contributed by atoms with van der Waals surface area (Å²) in [5, 5.41) is 10.8. The Morgan fingerprint density at radius 1 is 1.50 bits per heavy atom. The number of hydrogen-bond acceptors (Lipinski definition) is 4. The molecule has 2 unspecified atom stereocenters. The summed E-state index contributed by atoms with van der Waals surface area (Å²) in [5.74, 6) is -0.171. The second-order valence-electron chi connectivity index (χ2n) is 5.23. The van der Waals surface area contributed by atoms with Crippen molar-refractivity contribution in [3.8, 4) is 0 Å². The van der Waals surface area contributed by atoms with Crippen LogP contribution in [-0.4, -0.2) is 34.4 Å². The molecule has 2 N–H and O–H groups in total. The number of hydrogen-bond donors (Lipinski definition) is 1. The van der Waals surface area contributed by atoms with Crippen LogP contribution in [0.5, 0.6) is 0 Å². The monoisotopic (exact) mass is 277 g/mol. The quantitative estimate of drug-likeness (QED) is 0.675. The molecular formula is C14H19N3O3. The van der Waals surface area contributed by atoms with Gasteiger partial charge in [-0.2, -0.15) is 0 Å². The summed E-state index contributed by atoms with van der Waals surface area (Å²) in [6, 6.07) is 5.78. The Balaban J connectivity index is 2.25. The molecule has 1 fully saturated rings. The number of likely N-dealkylation sites (tertiary alicyclic amines) is 1. The van der Waals surface area contributed by atoms with Crippen molar-refractivity contribution < 1.29 is 9.72 Å². The van der Waals surface area contributed by atoms with Gasteiger partial charge in [0.25, 0.3) is 11.6 Å². The van der Waals surface area contributed by atoms with Gasteiger partial charge in [-0.15, -0.1) is 0 Å². The van der Waals surface area contributed by atoms with Crippen LogP contribution < -0.4 is 5.73 Å². The van der Waals surface area contributed by atoms with Gasteiger partial charge in [-0.25, -0.2) is 0 Å². The number of piperidine rings is 1. The number of rotatable bonds is 3. The molecule has 0 aliphatic carbocycles. The van der Waals surface area contributed by atoms with Crippen LogP contribution in [-0.2, 0) is 0 Å². The van der Waals surface area contributed by atoms with Crippen molar-refractivity contribution in [2.75, 3.05) is 6.54 Å². The number of nitrogens with two attached hydrogens (primary N) is 1. The number of benzene rings is 1. The predicted octanol–water partition coefficient (Wildman–Crippen LogP) is 1.94. The topological polar surface area (TPSA) is 89.5 Å². The maximum atomic E-state index is 12.5. The highest BCUT2D eigenvalue weighted by Crippen LogP contribution is 2.23. The first-order valence-electron chi connectivity index (χ1n) is 6.81. The van der Waals surface area contributed by atoms with E-state index < -0.39 is 4.92 Å². The maximum absolute atomic E-state index is 12.5. The number of amides is 1. The van der Waals surface area contributed by atoms with Crippen LogP contribution >= 0.6 is 0 Å². The van der Waals surface area contributed by atoms with Gasteiger partial charge in [0.2, 0.25) is 0 Å². The fourth-order valence-electron chi connectivity index (χ4n) is 2.67. The maximum Gasteiger partial charge on any atom is 0.270 e. The molecule has 1 aromatic carbocycles. The smallest absolute Gasteiger partial charge is 0.270 e. The van der Waals surface area contributed by atoms with E-state index in [1.807, 2.05) is 6.92 Å². The lowest BCUT2D eigenvalue weighted by molar-refractivity contribution is -0.384. The number of nitro benzene ring substituents is 1. The van der Waals surface area contributed by atoms with Gasteiger partial charge in [0.05, 0.1) is 4.92 Å². The number of carbonyl (C=O) groups is 1. The molecule has 1 aromatic rings. The van der Waals surface area contributed by atoms with E-state index in [0.29, 0.717) is 12.1 Å². The average Bonchev–Trinajstić information content (AvgIpc) is 2.46. The first-order chi connectivity index (χ1) is 9.50. The predicted molar refractivity (Wildman–Crippen MR) is 75.4 cm³/mol. The Morgan fingerprint density at radius 3 is 2.90 bits per heavy atom. The molecule has 1 saturated heterocycles. The summed E-state index contributed by atoms with van der Waals surface area (Å²) in [6.07, 6.45) is 2.90. The highest BCUT2D eigenvalue weighted by Gasteiger charge is 2.30. The second kappa shape index (κ2) is 6.00. The fraction of sp³-hybridized carbons (Fsp3) is 0.500. The van der Waals surface area contributed by atoms with Crippen LogP contribution in [0.15, 0.2) is 24.3 Å². The molecule has 0 aromatic heterocycles. The minimum absolute atomic E-state index is 0.00973. The molecule has 6 nitrogen and oxygen atoms in total. The van der Waals surface area contributed by atoms with Crippen molar-refractivity contribution in [2.45, 2.75) is 38.3 Å². The first-order valence-corrected chi connectivity index (χ1v) is 6.81. The minimum Gasteiger partial charge on any atom is -0.334 e. The molecule has 0 spiro atoms. The van der Waals surface area contributed by atoms with Gasteiger partial charge >= 0.3 is 0 Å². The average molecular weight is 277 g/mol. The van der Waals surface area contributed by atoms with E-state index in [0.717, 1.165) is 19.3 Å². The van der Waals surface area contributed by atoms with Crippen molar-refractivity contribution in [1.82, 2.24) is 4.90 Å². The van der Waals surface area contributed by atoms with Crippen LogP contribution in [0.4, 0.5) is 5.69 Å². The normalized spacial score (nSPS) is 20.5. The molecule has 0 bridgehead atoms. The van der Waals surface area contributed by atoms with E-state index in [4.69, 9.17) is 5.73 Å². The Bertz CT molecular complexity index is 516. The Morgan fingerprint density at radius 2 is 2.25 bits per heavy atom. The summed E-state index contributed by atoms with van der Waals surface area (Å²) in [6.45, 7) is 2.55. The zero-order valence-corrected chi connectivity index (χ0v) is 11.5. The third kappa shape index (κ3) is 2.96. The van der Waals surface area contributed by atoms with E-state index >= 15 is 0 Å². The number of non-ortho nitro benzene ring substituents is 1. The molecule has 0 radical (unpaired) electrons. The van der Waals surface area contributed by atoms with Gasteiger partial charge in [-0.1, -0.05) is 6.07 Å². The zero-order valence-electron chi connectivity index (χ0n) is 11.5. The zero-order chi connectivity index (χ0) is 14.7. The summed E-state index contributed by atoms with van der Waals surface area (Å²) in [5.41, 5.74) is 6.24. The lowest BCUT2D eigenvalue weighted by Gasteiger charge is -2.38. The standard InChI is InChI=1S/C14H19N3O3/c1-10(15)13-7-2-3-8-16(13)14(18)11-5-4-6-12(9-11)17(19)20/h4-6,9-10,13H,2-3,7-8,15H2,1H3. The lowest BCUT2D eigenvalue weighted by atomic mass is 9.96. The van der Waals surface area contributed by atoms with Crippen molar-refractivity contribution >= 4 is 11.6 Å². The Labute approximate surface area is 117 Å². The third-order valence-electron chi connectivity index (χ3n) is 3.72. The SMILES string of the molecule is CC(N)C1CCCCN1C(=O)c1cccc([N+](=O)[O-])c1. The summed E-state index contributed by atoms with van der Waals surface area (Å²) in [7, 11) is 0. The van der Waals surface area contributed by atoms with Gasteiger partial charge in [-0.05, 0) is 32.3 Å². The number of nitrogens with zero attached hydrogens (tertiary/aromatic N) is 2. The van der Waals surface area contributed by atoms with Gasteiger partial charge in [0.1, 0.15) is 0 Å². The van der Waals surface area contributed by atoms with E-state index in [1.165, 1.54) is 18.2 Å². The van der Waals surface area contributed by atoms with Crippen LogP contribution in [0, 0.1) is 10.1 Å². The van der Waals surface area contributed by atoms with Gasteiger partial charge in [-0.3, -0.25) is 14.9 Å². The molecule has 2 atom stereocenters. The van der Waals surface area contributed by atoms with Crippen molar-refractivity contribution in [1.29, 1.82) is 0 Å². The summed E-state index contributed by atoms with van der Waals surface area (Å²) < 4.78 is 0. The largest absolute Gasteiger partial charge is 0.334 e. The molecule has 1 heterocycles. The summed E-state index contributed by atoms with van der Waals surface area (Å²) >= 11 is 0. The van der Waals surface area contributed by atoms with Crippen LogP contribution in [0.2, 0.25) is 0 Å². The first kappa shape index (κ1) is 14.5. The molecule has 108 valence electrons. The second-order valence-corrected chi connectivity index (χ2v) is 5.23. The van der Waals surface area contributed by atoms with Gasteiger partial charge < -0.3 is 10.6 Å². The van der Waals surface area contributed by atoms with Crippen molar-refractivity contribution in [3.63, 3.8) is 0 Å². The molecule has 20 heavy (non-hydrogen) atoms. The molecular weight excluding hydrogens is 258 g/mol. The summed E-state index contributed by atoms with van der Waals surface area (Å²) in [4.78, 5) is 24.6. The van der Waals surface area contributed by atoms with Crippen LogP contribution in [0.3, 0.4) is 0 Å². The van der Waals surface area contributed by atoms with Gasteiger partial charge in [0.15, 0.2) is 0 Å². The van der Waals surface area contributed by atoms with Crippen molar-refractivity contribution in [2.24, 2.45) is 5.73 Å². The molecule has 0 saturated carbocycles. The minimum atomic E-state index is -0.490. The molecule has 2 rings (SSSR count). The van der Waals surface area contributed by atoms with Crippen molar-refractivity contribution in [3.05, 3.63) is 39.9 Å². The molecule has 6 heteroatoms. The third-order valence-corrected chi connectivity index (χ3v) is 3.72. The van der Waals surface area contributed by atoms with E-state index in [-0.39, 0.29) is 23.7 Å². The van der Waals surface area contributed by atoms with Crippen LogP contribution in [0.1, 0.15) is 36.5 Å². The fourth-order valence-corrected chi connectivity index (χ4v) is 2.67. The lowest BCUT2D eigenvalue weighted by Crippen LogP contribution is -2.51. The molecule has 1 aliphatic heterocycles. The molecule has 1 aliphatic rings. The Hall–Kier alpha value is -1.95. The highest BCUT2D eigenvalue weighted by molar-refractivity contribution is 5.95. The number of carbonyl (C=O) groups excluding carboxylic acids is 1. The van der Waals surface area contributed by atoms with Crippen LogP contribution in [0.25, 0.3) is 0 Å².